The second kappa shape index (κ2) is 7.53. The number of anilines is 1. The van der Waals surface area contributed by atoms with Crippen LogP contribution in [-0.4, -0.2) is 29.4 Å². The molecule has 2 N–H and O–H groups in total. The minimum absolute atomic E-state index is 0.0888. The van der Waals surface area contributed by atoms with Crippen LogP contribution in [0.25, 0.3) is 22.3 Å². The first kappa shape index (κ1) is 19.5. The van der Waals surface area contributed by atoms with Gasteiger partial charge in [0.15, 0.2) is 5.82 Å². The van der Waals surface area contributed by atoms with Gasteiger partial charge < -0.3 is 5.73 Å². The maximum Gasteiger partial charge on any atom is 0.334 e. The van der Waals surface area contributed by atoms with Gasteiger partial charge in [-0.25, -0.2) is 18.2 Å². The molecule has 0 saturated carbocycles. The number of fused-ring (bicyclic) bond motifs is 1. The highest BCUT2D eigenvalue weighted by Gasteiger charge is 2.33. The Labute approximate surface area is 173 Å². The average Bonchev–Trinajstić information content (AvgIpc) is 2.74. The van der Waals surface area contributed by atoms with E-state index >= 15 is 0 Å². The molecule has 0 aliphatic rings. The van der Waals surface area contributed by atoms with Crippen molar-refractivity contribution < 1.29 is 13.2 Å². The first-order valence-electron chi connectivity index (χ1n) is 8.97. The van der Waals surface area contributed by atoms with Gasteiger partial charge in [-0.05, 0) is 42.8 Å². The second-order valence-corrected chi connectivity index (χ2v) is 8.28. The first-order valence-corrected chi connectivity index (χ1v) is 10.4. The molecule has 0 radical (unpaired) electrons. The summed E-state index contributed by atoms with van der Waals surface area (Å²) in [6.45, 7) is 1.86. The molecule has 0 spiro atoms. The van der Waals surface area contributed by atoms with Gasteiger partial charge in [0.1, 0.15) is 5.52 Å². The van der Waals surface area contributed by atoms with Crippen molar-refractivity contribution in [1.29, 1.82) is 0 Å². The molecule has 0 aliphatic carbocycles. The lowest BCUT2D eigenvalue weighted by atomic mass is 10.1. The van der Waals surface area contributed by atoms with Crippen LogP contribution in [0.15, 0.2) is 78.0 Å². The number of carbonyl (C=O) groups is 1. The van der Waals surface area contributed by atoms with Gasteiger partial charge >= 0.3 is 6.03 Å². The monoisotopic (exact) mass is 419 g/mol. The topological polar surface area (TPSA) is 119 Å². The van der Waals surface area contributed by atoms with Crippen LogP contribution in [0.2, 0.25) is 0 Å². The number of aryl methyl sites for hydroxylation is 1. The lowest BCUT2D eigenvalue weighted by Gasteiger charge is -2.21. The highest BCUT2D eigenvalue weighted by Crippen LogP contribution is 2.32. The molecule has 3 heterocycles. The zero-order valence-corrected chi connectivity index (χ0v) is 16.7. The third-order valence-corrected chi connectivity index (χ3v) is 6.20. The molecule has 30 heavy (non-hydrogen) atoms. The molecule has 3 aromatic heterocycles. The maximum absolute atomic E-state index is 13.3. The van der Waals surface area contributed by atoms with E-state index in [1.807, 2.05) is 13.0 Å². The molecule has 0 unspecified atom stereocenters. The Bertz CT molecular complexity index is 1360. The number of sulfonamides is 1. The van der Waals surface area contributed by atoms with Crippen LogP contribution < -0.4 is 10.0 Å². The molecule has 8 nitrogen and oxygen atoms in total. The van der Waals surface area contributed by atoms with Crippen LogP contribution in [0.3, 0.4) is 0 Å². The third kappa shape index (κ3) is 3.35. The Morgan fingerprint density at radius 2 is 1.67 bits per heavy atom. The number of rotatable bonds is 4. The quantitative estimate of drug-likeness (QED) is 0.542. The number of urea groups is 1. The molecule has 9 heteroatoms. The summed E-state index contributed by atoms with van der Waals surface area (Å²) in [6.07, 6.45) is 3.11. The predicted octanol–water partition coefficient (Wildman–Crippen LogP) is 3.27. The van der Waals surface area contributed by atoms with E-state index in [-0.39, 0.29) is 16.2 Å². The smallest absolute Gasteiger partial charge is 0.334 e. The summed E-state index contributed by atoms with van der Waals surface area (Å²) in [6, 6.07) is 15.2. The molecule has 0 saturated heterocycles. The van der Waals surface area contributed by atoms with Crippen molar-refractivity contribution >= 4 is 32.8 Å². The number of primary amides is 1. The predicted molar refractivity (Wildman–Crippen MR) is 113 cm³/mol. The second-order valence-electron chi connectivity index (χ2n) is 6.50. The summed E-state index contributed by atoms with van der Waals surface area (Å²) in [5.41, 5.74) is 7.56. The number of aromatic nitrogens is 3. The number of nitrogens with two attached hydrogens (primary N) is 1. The standard InChI is InChI=1S/C21H17N5O3S/c1-14-7-5-11-23-18(14)17-13-15-8-6-12-24-19(15)20(25-17)26(21(22)27)30(28,29)16-9-3-2-4-10-16/h2-13H,1H3,(H2,22,27). The summed E-state index contributed by atoms with van der Waals surface area (Å²) in [5, 5.41) is 0.595. The van der Waals surface area contributed by atoms with Crippen LogP contribution in [-0.2, 0) is 10.0 Å². The van der Waals surface area contributed by atoms with Crippen molar-refractivity contribution in [3.8, 4) is 11.4 Å². The Morgan fingerprint density at radius 3 is 2.37 bits per heavy atom. The number of amides is 2. The number of benzene rings is 1. The van der Waals surface area contributed by atoms with Crippen molar-refractivity contribution in [2.75, 3.05) is 4.31 Å². The van der Waals surface area contributed by atoms with E-state index in [4.69, 9.17) is 5.73 Å². The van der Waals surface area contributed by atoms with Gasteiger partial charge in [0.25, 0.3) is 10.0 Å². The summed E-state index contributed by atoms with van der Waals surface area (Å²) in [5.74, 6) is -0.176. The van der Waals surface area contributed by atoms with E-state index in [2.05, 4.69) is 15.0 Å². The summed E-state index contributed by atoms with van der Waals surface area (Å²) in [7, 11) is -4.32. The van der Waals surface area contributed by atoms with Gasteiger partial charge in [0.2, 0.25) is 0 Å². The summed E-state index contributed by atoms with van der Waals surface area (Å²) in [4.78, 5) is 25.3. The molecule has 0 fully saturated rings. The maximum atomic E-state index is 13.3. The SMILES string of the molecule is Cc1cccnc1-c1cc2cccnc2c(N(C(N)=O)S(=O)(=O)c2ccccc2)n1. The van der Waals surface area contributed by atoms with Gasteiger partial charge in [-0.2, -0.15) is 4.31 Å². The van der Waals surface area contributed by atoms with Gasteiger partial charge in [0.05, 0.1) is 16.3 Å². The Hall–Kier alpha value is -3.85. The molecule has 2 amide bonds. The number of pyridine rings is 3. The van der Waals surface area contributed by atoms with Crippen LogP contribution in [0.4, 0.5) is 10.6 Å². The van der Waals surface area contributed by atoms with Gasteiger partial charge in [-0.3, -0.25) is 9.97 Å². The Morgan fingerprint density at radius 1 is 0.967 bits per heavy atom. The molecule has 0 atom stereocenters. The van der Waals surface area contributed by atoms with Gasteiger partial charge in [-0.15, -0.1) is 0 Å². The first-order chi connectivity index (χ1) is 14.4. The zero-order valence-electron chi connectivity index (χ0n) is 15.9. The molecular weight excluding hydrogens is 402 g/mol. The number of hydrogen-bond acceptors (Lipinski definition) is 6. The summed E-state index contributed by atoms with van der Waals surface area (Å²) >= 11 is 0. The molecule has 4 aromatic rings. The van der Waals surface area contributed by atoms with Crippen molar-refractivity contribution in [2.45, 2.75) is 11.8 Å². The van der Waals surface area contributed by atoms with Crippen LogP contribution in [0.5, 0.6) is 0 Å². The molecule has 150 valence electrons. The van der Waals surface area contributed by atoms with E-state index in [0.717, 1.165) is 5.56 Å². The Balaban J connectivity index is 2.03. The van der Waals surface area contributed by atoms with E-state index < -0.39 is 16.1 Å². The van der Waals surface area contributed by atoms with E-state index in [9.17, 15) is 13.2 Å². The minimum atomic E-state index is -4.32. The van der Waals surface area contributed by atoms with Crippen molar-refractivity contribution in [1.82, 2.24) is 15.0 Å². The van der Waals surface area contributed by atoms with E-state index in [0.29, 0.717) is 21.1 Å². The zero-order chi connectivity index (χ0) is 21.3. The van der Waals surface area contributed by atoms with Crippen LogP contribution >= 0.6 is 0 Å². The highest BCUT2D eigenvalue weighted by molar-refractivity contribution is 7.93. The van der Waals surface area contributed by atoms with Crippen molar-refractivity contribution in [2.24, 2.45) is 5.73 Å². The van der Waals surface area contributed by atoms with E-state index in [1.54, 1.807) is 48.7 Å². The fourth-order valence-corrected chi connectivity index (χ4v) is 4.42. The van der Waals surface area contributed by atoms with Crippen molar-refractivity contribution in [3.05, 3.63) is 78.6 Å². The molecule has 0 bridgehead atoms. The molecule has 4 rings (SSSR count). The lowest BCUT2D eigenvalue weighted by Crippen LogP contribution is -2.41. The molecular formula is C21H17N5O3S. The molecule has 0 aliphatic heterocycles. The van der Waals surface area contributed by atoms with Crippen LogP contribution in [0, 0.1) is 6.92 Å². The fraction of sp³-hybridized carbons (Fsp3) is 0.0476. The van der Waals surface area contributed by atoms with Crippen LogP contribution in [0.1, 0.15) is 5.56 Å². The number of nitrogens with zero attached hydrogens (tertiary/aromatic N) is 4. The number of hydrogen-bond donors (Lipinski definition) is 1. The third-order valence-electron chi connectivity index (χ3n) is 4.50. The van der Waals surface area contributed by atoms with E-state index in [1.165, 1.54) is 18.3 Å². The lowest BCUT2D eigenvalue weighted by molar-refractivity contribution is 0.257. The minimum Gasteiger partial charge on any atom is -0.350 e. The Kier molecular flexibility index (Phi) is 4.88. The number of carbonyl (C=O) groups excluding carboxylic acids is 1. The van der Waals surface area contributed by atoms with Crippen molar-refractivity contribution in [3.63, 3.8) is 0 Å². The average molecular weight is 419 g/mol. The fourth-order valence-electron chi connectivity index (χ4n) is 3.12. The largest absolute Gasteiger partial charge is 0.350 e. The normalized spacial score (nSPS) is 11.4. The highest BCUT2D eigenvalue weighted by atomic mass is 32.2. The summed E-state index contributed by atoms with van der Waals surface area (Å²) < 4.78 is 27.0. The van der Waals surface area contributed by atoms with Gasteiger partial charge in [-0.1, -0.05) is 30.3 Å². The van der Waals surface area contributed by atoms with Gasteiger partial charge in [0, 0.05) is 17.8 Å². The molecule has 1 aromatic carbocycles.